The predicted octanol–water partition coefficient (Wildman–Crippen LogP) is 3.68. The summed E-state index contributed by atoms with van der Waals surface area (Å²) in [6, 6.07) is 14.4. The minimum absolute atomic E-state index is 0.0785. The van der Waals surface area contributed by atoms with Crippen LogP contribution in [0.15, 0.2) is 59.8 Å². The highest BCUT2D eigenvalue weighted by atomic mass is 35.5. The summed E-state index contributed by atoms with van der Waals surface area (Å²) in [6.07, 6.45) is 0.197. The largest absolute Gasteiger partial charge is 0.497 e. The van der Waals surface area contributed by atoms with E-state index in [1.807, 2.05) is 24.3 Å². The van der Waals surface area contributed by atoms with Crippen LogP contribution in [0, 0.1) is 0 Å². The average molecular weight is 370 g/mol. The van der Waals surface area contributed by atoms with Crippen molar-refractivity contribution in [2.45, 2.75) is 12.3 Å². The predicted molar refractivity (Wildman–Crippen MR) is 97.3 cm³/mol. The molecule has 2 aromatic carbocycles. The highest BCUT2D eigenvalue weighted by Crippen LogP contribution is 2.42. The van der Waals surface area contributed by atoms with Gasteiger partial charge in [-0.25, -0.2) is 4.79 Å². The summed E-state index contributed by atoms with van der Waals surface area (Å²) < 4.78 is 10.4. The van der Waals surface area contributed by atoms with Gasteiger partial charge in [-0.15, -0.1) is 0 Å². The van der Waals surface area contributed by atoms with Crippen molar-refractivity contribution in [1.29, 1.82) is 0 Å². The fourth-order valence-corrected chi connectivity index (χ4v) is 3.59. The first kappa shape index (κ1) is 16.7. The van der Waals surface area contributed by atoms with Crippen LogP contribution in [0.5, 0.6) is 5.75 Å². The summed E-state index contributed by atoms with van der Waals surface area (Å²) in [4.78, 5) is 26.9. The van der Waals surface area contributed by atoms with E-state index in [2.05, 4.69) is 0 Å². The van der Waals surface area contributed by atoms with Crippen molar-refractivity contribution in [1.82, 2.24) is 0 Å². The Morgan fingerprint density at radius 1 is 1.08 bits per heavy atom. The average Bonchev–Trinajstić information content (AvgIpc) is 3.04. The summed E-state index contributed by atoms with van der Waals surface area (Å²) in [5, 5.41) is 0.585. The zero-order chi connectivity index (χ0) is 18.3. The van der Waals surface area contributed by atoms with Crippen LogP contribution in [0.4, 0.5) is 5.69 Å². The van der Waals surface area contributed by atoms with Crippen LogP contribution in [-0.4, -0.2) is 25.6 Å². The molecule has 5 nitrogen and oxygen atoms in total. The topological polar surface area (TPSA) is 55.8 Å². The molecule has 0 aromatic heterocycles. The van der Waals surface area contributed by atoms with Crippen LogP contribution in [0.2, 0.25) is 5.02 Å². The van der Waals surface area contributed by atoms with Gasteiger partial charge in [0, 0.05) is 23.0 Å². The smallest absolute Gasteiger partial charge is 0.336 e. The molecule has 0 N–H and O–H groups in total. The molecule has 0 fully saturated rings. The molecule has 26 heavy (non-hydrogen) atoms. The van der Waals surface area contributed by atoms with E-state index in [1.54, 1.807) is 36.3 Å². The van der Waals surface area contributed by atoms with Crippen molar-refractivity contribution in [3.05, 3.63) is 70.4 Å². The molecule has 0 spiro atoms. The maximum atomic E-state index is 12.9. The molecule has 1 amide bonds. The summed E-state index contributed by atoms with van der Waals surface area (Å²) in [7, 11) is 1.60. The zero-order valence-corrected chi connectivity index (χ0v) is 14.8. The molecule has 2 heterocycles. The van der Waals surface area contributed by atoms with Crippen molar-refractivity contribution in [3.8, 4) is 5.75 Å². The van der Waals surface area contributed by atoms with Gasteiger partial charge in [-0.3, -0.25) is 9.69 Å². The van der Waals surface area contributed by atoms with Crippen LogP contribution < -0.4 is 9.64 Å². The van der Waals surface area contributed by atoms with Crippen LogP contribution in [-0.2, 0) is 14.3 Å². The Bertz CT molecular complexity index is 902. The second-order valence-electron chi connectivity index (χ2n) is 6.17. The standard InChI is InChI=1S/C20H16ClNO4/c1-25-15-8-2-12(3-9-15)16-10-18(23)22(14-6-4-13(21)5-7-14)17-11-26-20(24)19(16)17/h2-9,16H,10-11H2,1H3/t16-/m1/s1. The molecule has 2 aliphatic heterocycles. The van der Waals surface area contributed by atoms with E-state index in [-0.39, 0.29) is 30.8 Å². The number of carbonyl (C=O) groups is 2. The highest BCUT2D eigenvalue weighted by molar-refractivity contribution is 6.30. The quantitative estimate of drug-likeness (QED) is 0.774. The van der Waals surface area contributed by atoms with Crippen molar-refractivity contribution in [2.75, 3.05) is 18.6 Å². The van der Waals surface area contributed by atoms with Crippen molar-refractivity contribution >= 4 is 29.2 Å². The molecular formula is C20H16ClNO4. The Morgan fingerprint density at radius 3 is 2.42 bits per heavy atom. The van der Waals surface area contributed by atoms with E-state index in [9.17, 15) is 9.59 Å². The number of cyclic esters (lactones) is 1. The Labute approximate surface area is 155 Å². The molecule has 132 valence electrons. The minimum Gasteiger partial charge on any atom is -0.497 e. The number of carbonyl (C=O) groups excluding carboxylic acids is 2. The third-order valence-corrected chi connectivity index (χ3v) is 4.97. The van der Waals surface area contributed by atoms with Gasteiger partial charge in [-0.05, 0) is 42.0 Å². The molecule has 4 rings (SSSR count). The maximum absolute atomic E-state index is 12.9. The van der Waals surface area contributed by atoms with Crippen molar-refractivity contribution in [3.63, 3.8) is 0 Å². The van der Waals surface area contributed by atoms with E-state index in [4.69, 9.17) is 21.1 Å². The van der Waals surface area contributed by atoms with Gasteiger partial charge in [0.05, 0.1) is 18.4 Å². The number of nitrogens with zero attached hydrogens (tertiary/aromatic N) is 1. The molecule has 0 saturated carbocycles. The number of ether oxygens (including phenoxy) is 2. The molecular weight excluding hydrogens is 354 g/mol. The van der Waals surface area contributed by atoms with E-state index in [0.29, 0.717) is 22.0 Å². The number of benzene rings is 2. The molecule has 6 heteroatoms. The Kier molecular flexibility index (Phi) is 4.17. The molecule has 1 atom stereocenters. The lowest BCUT2D eigenvalue weighted by atomic mass is 9.84. The summed E-state index contributed by atoms with van der Waals surface area (Å²) in [5.41, 5.74) is 2.72. The first-order valence-electron chi connectivity index (χ1n) is 8.21. The molecule has 0 radical (unpaired) electrons. The Balaban J connectivity index is 1.78. The maximum Gasteiger partial charge on any atom is 0.336 e. The van der Waals surface area contributed by atoms with Crippen molar-refractivity contribution < 1.29 is 19.1 Å². The fraction of sp³-hybridized carbons (Fsp3) is 0.200. The van der Waals surface area contributed by atoms with E-state index >= 15 is 0 Å². The third-order valence-electron chi connectivity index (χ3n) is 4.72. The monoisotopic (exact) mass is 369 g/mol. The summed E-state index contributed by atoms with van der Waals surface area (Å²) in [5.74, 6) is -0.0405. The Morgan fingerprint density at radius 2 is 1.77 bits per heavy atom. The van der Waals surface area contributed by atoms with Gasteiger partial charge in [0.25, 0.3) is 0 Å². The highest BCUT2D eigenvalue weighted by Gasteiger charge is 2.42. The number of anilines is 1. The van der Waals surface area contributed by atoms with Gasteiger partial charge in [0.2, 0.25) is 5.91 Å². The first-order chi connectivity index (χ1) is 12.6. The van der Waals surface area contributed by atoms with Crippen LogP contribution in [0.3, 0.4) is 0 Å². The zero-order valence-electron chi connectivity index (χ0n) is 14.1. The number of halogens is 1. The van der Waals surface area contributed by atoms with Gasteiger partial charge in [-0.2, -0.15) is 0 Å². The van der Waals surface area contributed by atoms with E-state index in [1.165, 1.54) is 0 Å². The van der Waals surface area contributed by atoms with Gasteiger partial charge in [0.15, 0.2) is 0 Å². The molecule has 0 unspecified atom stereocenters. The number of hydrogen-bond acceptors (Lipinski definition) is 4. The van der Waals surface area contributed by atoms with E-state index in [0.717, 1.165) is 11.3 Å². The summed E-state index contributed by atoms with van der Waals surface area (Å²) in [6.45, 7) is 0.0924. The van der Waals surface area contributed by atoms with Crippen LogP contribution in [0.25, 0.3) is 0 Å². The third kappa shape index (κ3) is 2.74. The lowest BCUT2D eigenvalue weighted by molar-refractivity contribution is -0.136. The lowest BCUT2D eigenvalue weighted by Gasteiger charge is -2.31. The first-order valence-corrected chi connectivity index (χ1v) is 8.59. The molecule has 0 aliphatic carbocycles. The van der Waals surface area contributed by atoms with Gasteiger partial charge >= 0.3 is 5.97 Å². The van der Waals surface area contributed by atoms with Gasteiger partial charge < -0.3 is 9.47 Å². The number of rotatable bonds is 3. The van der Waals surface area contributed by atoms with Crippen LogP contribution in [0.1, 0.15) is 17.9 Å². The van der Waals surface area contributed by atoms with Crippen LogP contribution >= 0.6 is 11.6 Å². The molecule has 2 aromatic rings. The Hall–Kier alpha value is -2.79. The van der Waals surface area contributed by atoms with Crippen molar-refractivity contribution in [2.24, 2.45) is 0 Å². The SMILES string of the molecule is COc1ccc([C@H]2CC(=O)N(c3ccc(Cl)cc3)C3=C2C(=O)OC3)cc1. The molecule has 0 saturated heterocycles. The number of methoxy groups -OCH3 is 1. The second-order valence-corrected chi connectivity index (χ2v) is 6.61. The molecule has 2 aliphatic rings. The lowest BCUT2D eigenvalue weighted by Crippen LogP contribution is -2.37. The number of esters is 1. The van der Waals surface area contributed by atoms with Gasteiger partial charge in [-0.1, -0.05) is 23.7 Å². The normalized spacial score (nSPS) is 19.5. The molecule has 0 bridgehead atoms. The summed E-state index contributed by atoms with van der Waals surface area (Å²) >= 11 is 5.94. The number of hydrogen-bond donors (Lipinski definition) is 0. The fourth-order valence-electron chi connectivity index (χ4n) is 3.46. The minimum atomic E-state index is -0.368. The van der Waals surface area contributed by atoms with E-state index < -0.39 is 0 Å². The number of amides is 1. The van der Waals surface area contributed by atoms with Gasteiger partial charge in [0.1, 0.15) is 12.4 Å². The second kappa shape index (κ2) is 6.50.